The van der Waals surface area contributed by atoms with Crippen molar-refractivity contribution >= 4 is 11.4 Å². The SMILES string of the molecule is C#Cc1cc(CO)c(OCc2ccc(C(=C3C=C(C(C)(C)C)C(=O)C(C(C)(C)C)=C3)c3cc(C(C)(C)C)c(O)c(C(C)(C)C)c3)cc2)c(CO)c1. The third-order valence-corrected chi connectivity index (χ3v) is 9.38. The fraction of sp³-hybridized carbons (Fsp3) is 0.413. The number of hydrogen-bond acceptors (Lipinski definition) is 5. The number of phenols is 1. The van der Waals surface area contributed by atoms with E-state index >= 15 is 0 Å². The van der Waals surface area contributed by atoms with Gasteiger partial charge < -0.3 is 20.1 Å². The van der Waals surface area contributed by atoms with Crippen LogP contribution in [0.1, 0.15) is 128 Å². The molecule has 0 unspecified atom stereocenters. The number of terminal acetylenes is 1. The fourth-order valence-electron chi connectivity index (χ4n) is 6.49. The molecule has 0 saturated heterocycles. The molecule has 5 heteroatoms. The van der Waals surface area contributed by atoms with E-state index in [-0.39, 0.29) is 47.3 Å². The zero-order valence-corrected chi connectivity index (χ0v) is 32.6. The first-order chi connectivity index (χ1) is 23.5. The molecule has 3 aromatic rings. The topological polar surface area (TPSA) is 87.0 Å². The number of allylic oxidation sites excluding steroid dienone is 5. The van der Waals surface area contributed by atoms with Gasteiger partial charge in [0.1, 0.15) is 18.1 Å². The molecule has 0 aromatic heterocycles. The highest BCUT2D eigenvalue weighted by molar-refractivity contribution is 6.12. The van der Waals surface area contributed by atoms with Crippen LogP contribution in [0.15, 0.2) is 77.4 Å². The minimum absolute atomic E-state index is 0.0711. The lowest BCUT2D eigenvalue weighted by atomic mass is 9.70. The first kappa shape index (κ1) is 39.4. The molecule has 51 heavy (non-hydrogen) atoms. The molecular weight excluding hydrogens is 633 g/mol. The van der Waals surface area contributed by atoms with Gasteiger partial charge >= 0.3 is 0 Å². The van der Waals surface area contributed by atoms with E-state index < -0.39 is 0 Å². The summed E-state index contributed by atoms with van der Waals surface area (Å²) in [6.45, 7) is 24.8. The molecule has 0 amide bonds. The van der Waals surface area contributed by atoms with E-state index in [4.69, 9.17) is 11.2 Å². The number of aliphatic hydroxyl groups is 2. The third-order valence-electron chi connectivity index (χ3n) is 9.38. The van der Waals surface area contributed by atoms with Crippen LogP contribution in [0.2, 0.25) is 0 Å². The Morgan fingerprint density at radius 3 is 1.51 bits per heavy atom. The van der Waals surface area contributed by atoms with Crippen molar-refractivity contribution in [1.82, 2.24) is 0 Å². The molecule has 270 valence electrons. The Hall–Kier alpha value is -4.37. The van der Waals surface area contributed by atoms with E-state index in [0.717, 1.165) is 50.1 Å². The van der Waals surface area contributed by atoms with E-state index in [2.05, 4.69) is 125 Å². The van der Waals surface area contributed by atoms with Crippen LogP contribution in [0.25, 0.3) is 5.57 Å². The van der Waals surface area contributed by atoms with Gasteiger partial charge in [0.05, 0.1) is 13.2 Å². The number of carbonyl (C=O) groups excluding carboxylic acids is 1. The van der Waals surface area contributed by atoms with E-state index in [1.54, 1.807) is 12.1 Å². The van der Waals surface area contributed by atoms with Crippen molar-refractivity contribution in [2.75, 3.05) is 0 Å². The molecule has 3 N–H and O–H groups in total. The number of benzene rings is 3. The van der Waals surface area contributed by atoms with E-state index in [0.29, 0.717) is 28.2 Å². The summed E-state index contributed by atoms with van der Waals surface area (Å²) in [6, 6.07) is 15.7. The minimum atomic E-state index is -0.388. The van der Waals surface area contributed by atoms with Gasteiger partial charge in [0, 0.05) is 39.0 Å². The van der Waals surface area contributed by atoms with Crippen LogP contribution in [0.5, 0.6) is 11.5 Å². The van der Waals surface area contributed by atoms with Gasteiger partial charge in [-0.1, -0.05) is 113 Å². The number of rotatable bonds is 7. The maximum Gasteiger partial charge on any atom is 0.186 e. The second-order valence-electron chi connectivity index (χ2n) is 17.8. The summed E-state index contributed by atoms with van der Waals surface area (Å²) >= 11 is 0. The third kappa shape index (κ3) is 8.58. The van der Waals surface area contributed by atoms with Gasteiger partial charge in [-0.05, 0) is 85.9 Å². The Bertz CT molecular complexity index is 1850. The maximum absolute atomic E-state index is 14.0. The highest BCUT2D eigenvalue weighted by Gasteiger charge is 2.35. The number of carbonyl (C=O) groups is 1. The van der Waals surface area contributed by atoms with Crippen molar-refractivity contribution in [3.8, 4) is 23.8 Å². The van der Waals surface area contributed by atoms with Crippen molar-refractivity contribution < 1.29 is 24.9 Å². The summed E-state index contributed by atoms with van der Waals surface area (Å²) in [5, 5.41) is 31.7. The Morgan fingerprint density at radius 2 is 1.14 bits per heavy atom. The zero-order valence-electron chi connectivity index (χ0n) is 32.6. The standard InChI is InChI=1S/C46H56O5/c1-14-28-19-33(25-47)42(34(20-28)26-48)51-27-29-15-17-30(18-16-29)39(31-21-35(43(2,3)4)40(49)36(22-31)44(5,6)7)32-23-37(45(8,9)10)41(50)38(24-32)46(11,12)13/h1,15-24,47-49H,25-27H2,2-13H3. The average Bonchev–Trinajstić information content (AvgIpc) is 3.03. The summed E-state index contributed by atoms with van der Waals surface area (Å²) in [5.41, 5.74) is 8.08. The summed E-state index contributed by atoms with van der Waals surface area (Å²) in [7, 11) is 0. The number of hydrogen-bond donors (Lipinski definition) is 3. The first-order valence-corrected chi connectivity index (χ1v) is 17.7. The molecule has 3 aromatic carbocycles. The Labute approximate surface area is 305 Å². The predicted molar refractivity (Wildman–Crippen MR) is 209 cm³/mol. The average molecular weight is 689 g/mol. The Balaban J connectivity index is 1.99. The fourth-order valence-corrected chi connectivity index (χ4v) is 6.49. The summed E-state index contributed by atoms with van der Waals surface area (Å²) < 4.78 is 6.19. The van der Waals surface area contributed by atoms with Crippen molar-refractivity contribution in [3.63, 3.8) is 0 Å². The van der Waals surface area contributed by atoms with Gasteiger partial charge in [-0.15, -0.1) is 6.42 Å². The van der Waals surface area contributed by atoms with Crippen molar-refractivity contribution in [3.05, 3.63) is 122 Å². The van der Waals surface area contributed by atoms with Gasteiger partial charge in [0.25, 0.3) is 0 Å². The van der Waals surface area contributed by atoms with E-state index in [9.17, 15) is 20.1 Å². The van der Waals surface area contributed by atoms with Crippen LogP contribution in [0.4, 0.5) is 0 Å². The largest absolute Gasteiger partial charge is 0.507 e. The van der Waals surface area contributed by atoms with Crippen LogP contribution in [-0.2, 0) is 35.4 Å². The van der Waals surface area contributed by atoms with Gasteiger partial charge in [0.15, 0.2) is 5.78 Å². The van der Waals surface area contributed by atoms with Crippen LogP contribution in [0, 0.1) is 23.2 Å². The number of Topliss-reactive ketones (excluding diaryl/α,β-unsaturated/α-hetero) is 1. The highest BCUT2D eigenvalue weighted by Crippen LogP contribution is 2.45. The summed E-state index contributed by atoms with van der Waals surface area (Å²) in [6.07, 6.45) is 9.69. The summed E-state index contributed by atoms with van der Waals surface area (Å²) in [4.78, 5) is 14.0. The number of aromatic hydroxyl groups is 1. The molecule has 0 aliphatic heterocycles. The second kappa shape index (κ2) is 14.3. The molecule has 5 nitrogen and oxygen atoms in total. The molecule has 1 aliphatic rings. The molecule has 0 spiro atoms. The predicted octanol–water partition coefficient (Wildman–Crippen LogP) is 9.86. The van der Waals surface area contributed by atoms with E-state index in [1.807, 2.05) is 12.1 Å². The molecule has 0 atom stereocenters. The van der Waals surface area contributed by atoms with Gasteiger partial charge in [-0.2, -0.15) is 0 Å². The van der Waals surface area contributed by atoms with Crippen LogP contribution < -0.4 is 4.74 Å². The van der Waals surface area contributed by atoms with Crippen LogP contribution in [0.3, 0.4) is 0 Å². The number of aliphatic hydroxyl groups excluding tert-OH is 2. The minimum Gasteiger partial charge on any atom is -0.507 e. The smallest absolute Gasteiger partial charge is 0.186 e. The van der Waals surface area contributed by atoms with Crippen molar-refractivity contribution in [1.29, 1.82) is 0 Å². The summed E-state index contributed by atoms with van der Waals surface area (Å²) in [5.74, 6) is 3.37. The number of phenolic OH excluding ortho intramolecular Hbond substituents is 1. The monoisotopic (exact) mass is 688 g/mol. The van der Waals surface area contributed by atoms with Crippen molar-refractivity contribution in [2.45, 2.75) is 114 Å². The van der Waals surface area contributed by atoms with Crippen LogP contribution >= 0.6 is 0 Å². The molecule has 0 saturated carbocycles. The van der Waals surface area contributed by atoms with Gasteiger partial charge in [-0.3, -0.25) is 4.79 Å². The van der Waals surface area contributed by atoms with Crippen LogP contribution in [-0.4, -0.2) is 21.1 Å². The number of ketones is 1. The quantitative estimate of drug-likeness (QED) is 0.215. The van der Waals surface area contributed by atoms with E-state index in [1.165, 1.54) is 0 Å². The maximum atomic E-state index is 14.0. The normalized spacial score (nSPS) is 14.2. The molecule has 0 radical (unpaired) electrons. The lowest BCUT2D eigenvalue weighted by Crippen LogP contribution is -2.28. The molecule has 0 heterocycles. The lowest BCUT2D eigenvalue weighted by Gasteiger charge is -2.32. The molecule has 4 rings (SSSR count). The van der Waals surface area contributed by atoms with Gasteiger partial charge in [0.2, 0.25) is 0 Å². The Morgan fingerprint density at radius 1 is 0.686 bits per heavy atom. The highest BCUT2D eigenvalue weighted by atomic mass is 16.5. The molecule has 1 aliphatic carbocycles. The molecule has 0 bridgehead atoms. The van der Waals surface area contributed by atoms with Gasteiger partial charge in [-0.25, -0.2) is 0 Å². The molecular formula is C46H56O5. The molecule has 0 fully saturated rings. The first-order valence-electron chi connectivity index (χ1n) is 17.7. The zero-order chi connectivity index (χ0) is 38.3. The van der Waals surface area contributed by atoms with Crippen molar-refractivity contribution in [2.24, 2.45) is 10.8 Å². The lowest BCUT2D eigenvalue weighted by molar-refractivity contribution is -0.114. The number of ether oxygens (including phenoxy) is 1. The second-order valence-corrected chi connectivity index (χ2v) is 17.8. The Kier molecular flexibility index (Phi) is 11.1.